The molecule has 0 aliphatic heterocycles. The lowest BCUT2D eigenvalue weighted by molar-refractivity contribution is 0.234. The van der Waals surface area contributed by atoms with Crippen molar-refractivity contribution in [2.75, 3.05) is 6.61 Å². The molecule has 1 heterocycles. The Morgan fingerprint density at radius 1 is 1.50 bits per heavy atom. The topological polar surface area (TPSA) is 74.2 Å². The molecule has 0 aliphatic carbocycles. The monoisotopic (exact) mass is 299 g/mol. The molecule has 0 spiro atoms. The van der Waals surface area contributed by atoms with Crippen LogP contribution in [0.15, 0.2) is 5.38 Å². The van der Waals surface area contributed by atoms with Crippen LogP contribution in [0.5, 0.6) is 0 Å². The summed E-state index contributed by atoms with van der Waals surface area (Å²) in [6.07, 6.45) is 1.47. The van der Waals surface area contributed by atoms with Gasteiger partial charge in [-0.15, -0.1) is 11.3 Å². The maximum absolute atomic E-state index is 11.7. The molecular weight excluding hydrogens is 274 g/mol. The van der Waals surface area contributed by atoms with Gasteiger partial charge in [0.05, 0.1) is 12.2 Å². The summed E-state index contributed by atoms with van der Waals surface area (Å²) in [6.45, 7) is 8.89. The van der Waals surface area contributed by atoms with Gasteiger partial charge in [-0.05, 0) is 19.8 Å². The number of aromatic nitrogens is 1. The maximum atomic E-state index is 11.7. The lowest BCUT2D eigenvalue weighted by Crippen LogP contribution is -2.40. The highest BCUT2D eigenvalue weighted by Gasteiger charge is 2.17. The molecule has 0 radical (unpaired) electrons. The SMILES string of the molecule is CC(CCCO)NC(=O)NCc1nc(C(C)(C)C)cs1. The van der Waals surface area contributed by atoms with Crippen LogP contribution in [0.25, 0.3) is 0 Å². The van der Waals surface area contributed by atoms with Gasteiger partial charge in [0.2, 0.25) is 0 Å². The standard InChI is InChI=1S/C14H25N3O2S/c1-10(6-5-7-18)16-13(19)15-8-12-17-11(9-20-12)14(2,3)4/h9-10,18H,5-8H2,1-4H3,(H2,15,16,19). The number of urea groups is 1. The Hall–Kier alpha value is -1.14. The molecule has 20 heavy (non-hydrogen) atoms. The van der Waals surface area contributed by atoms with E-state index in [2.05, 4.69) is 36.4 Å². The molecule has 0 aromatic carbocycles. The van der Waals surface area contributed by atoms with Crippen molar-refractivity contribution in [3.05, 3.63) is 16.1 Å². The van der Waals surface area contributed by atoms with E-state index >= 15 is 0 Å². The number of hydrogen-bond donors (Lipinski definition) is 3. The molecule has 5 nitrogen and oxygen atoms in total. The third-order valence-corrected chi connectivity index (χ3v) is 3.74. The van der Waals surface area contributed by atoms with Crippen molar-refractivity contribution < 1.29 is 9.90 Å². The van der Waals surface area contributed by atoms with Crippen LogP contribution in [0.4, 0.5) is 4.79 Å². The van der Waals surface area contributed by atoms with E-state index in [9.17, 15) is 4.79 Å². The Morgan fingerprint density at radius 3 is 2.75 bits per heavy atom. The van der Waals surface area contributed by atoms with Gasteiger partial charge in [0.25, 0.3) is 0 Å². The quantitative estimate of drug-likeness (QED) is 0.755. The van der Waals surface area contributed by atoms with Crippen LogP contribution in [0.1, 0.15) is 51.2 Å². The molecule has 0 saturated heterocycles. The molecule has 0 aliphatic rings. The summed E-state index contributed by atoms with van der Waals surface area (Å²) >= 11 is 1.56. The van der Waals surface area contributed by atoms with Crippen LogP contribution >= 0.6 is 11.3 Å². The van der Waals surface area contributed by atoms with Crippen LogP contribution in [-0.2, 0) is 12.0 Å². The fraction of sp³-hybridized carbons (Fsp3) is 0.714. The first-order chi connectivity index (χ1) is 9.32. The summed E-state index contributed by atoms with van der Waals surface area (Å²) in [5.41, 5.74) is 1.09. The summed E-state index contributed by atoms with van der Waals surface area (Å²) in [5, 5.41) is 17.3. The third kappa shape index (κ3) is 5.88. The number of aliphatic hydroxyl groups excluding tert-OH is 1. The molecule has 0 bridgehead atoms. The summed E-state index contributed by atoms with van der Waals surface area (Å²) in [6, 6.07) is -0.133. The maximum Gasteiger partial charge on any atom is 0.315 e. The molecule has 0 saturated carbocycles. The fourth-order valence-corrected chi connectivity index (χ4v) is 2.60. The number of rotatable bonds is 6. The van der Waals surface area contributed by atoms with Crippen molar-refractivity contribution >= 4 is 17.4 Å². The number of nitrogens with one attached hydrogen (secondary N) is 2. The predicted octanol–water partition coefficient (Wildman–Crippen LogP) is 2.40. The van der Waals surface area contributed by atoms with Gasteiger partial charge >= 0.3 is 6.03 Å². The molecule has 6 heteroatoms. The van der Waals surface area contributed by atoms with Crippen LogP contribution in [-0.4, -0.2) is 28.8 Å². The zero-order valence-corrected chi connectivity index (χ0v) is 13.5. The first-order valence-corrected chi connectivity index (χ1v) is 7.81. The van der Waals surface area contributed by atoms with Crippen molar-refractivity contribution in [2.24, 2.45) is 0 Å². The van der Waals surface area contributed by atoms with Gasteiger partial charge in [0, 0.05) is 23.4 Å². The van der Waals surface area contributed by atoms with E-state index in [1.807, 2.05) is 12.3 Å². The highest BCUT2D eigenvalue weighted by Crippen LogP contribution is 2.23. The third-order valence-electron chi connectivity index (χ3n) is 2.89. The van der Waals surface area contributed by atoms with E-state index in [0.29, 0.717) is 13.0 Å². The Morgan fingerprint density at radius 2 is 2.20 bits per heavy atom. The van der Waals surface area contributed by atoms with Crippen LogP contribution in [0, 0.1) is 0 Å². The van der Waals surface area contributed by atoms with Crippen molar-refractivity contribution in [3.8, 4) is 0 Å². The first kappa shape index (κ1) is 16.9. The highest BCUT2D eigenvalue weighted by atomic mass is 32.1. The van der Waals surface area contributed by atoms with Gasteiger partial charge in [-0.1, -0.05) is 20.8 Å². The summed E-state index contributed by atoms with van der Waals surface area (Å²) in [7, 11) is 0. The lowest BCUT2D eigenvalue weighted by Gasteiger charge is -2.14. The Labute approximate surface area is 124 Å². The minimum absolute atomic E-state index is 0.0375. The smallest absolute Gasteiger partial charge is 0.315 e. The number of nitrogens with zero attached hydrogens (tertiary/aromatic N) is 1. The Bertz CT molecular complexity index is 426. The second kappa shape index (κ2) is 7.59. The van der Waals surface area contributed by atoms with Crippen LogP contribution in [0.3, 0.4) is 0 Å². The minimum Gasteiger partial charge on any atom is -0.396 e. The number of aliphatic hydroxyl groups is 1. The molecule has 2 amide bonds. The molecule has 1 unspecified atom stereocenters. The number of amides is 2. The van der Waals surface area contributed by atoms with E-state index in [0.717, 1.165) is 17.1 Å². The number of carbonyl (C=O) groups is 1. The van der Waals surface area contributed by atoms with Gasteiger partial charge in [0.15, 0.2) is 0 Å². The molecule has 3 N–H and O–H groups in total. The van der Waals surface area contributed by atoms with Crippen molar-refractivity contribution in [1.29, 1.82) is 0 Å². The zero-order valence-electron chi connectivity index (χ0n) is 12.7. The van der Waals surface area contributed by atoms with E-state index in [1.165, 1.54) is 0 Å². The first-order valence-electron chi connectivity index (χ1n) is 6.93. The second-order valence-electron chi connectivity index (χ2n) is 5.97. The van der Waals surface area contributed by atoms with Gasteiger partial charge in [-0.3, -0.25) is 0 Å². The van der Waals surface area contributed by atoms with Crippen molar-refractivity contribution in [3.63, 3.8) is 0 Å². The molecule has 1 aromatic rings. The number of thiazole rings is 1. The average Bonchev–Trinajstić information content (AvgIpc) is 2.82. The minimum atomic E-state index is -0.192. The average molecular weight is 299 g/mol. The zero-order chi connectivity index (χ0) is 15.2. The van der Waals surface area contributed by atoms with Gasteiger partial charge in [0.1, 0.15) is 5.01 Å². The predicted molar refractivity (Wildman–Crippen MR) is 82.0 cm³/mol. The van der Waals surface area contributed by atoms with Crippen LogP contribution in [0.2, 0.25) is 0 Å². The fourth-order valence-electron chi connectivity index (χ4n) is 1.64. The van der Waals surface area contributed by atoms with Gasteiger partial charge in [-0.2, -0.15) is 0 Å². The van der Waals surface area contributed by atoms with E-state index < -0.39 is 0 Å². The van der Waals surface area contributed by atoms with Gasteiger partial charge in [-0.25, -0.2) is 9.78 Å². The lowest BCUT2D eigenvalue weighted by atomic mass is 9.93. The Kier molecular flexibility index (Phi) is 6.42. The molecule has 1 aromatic heterocycles. The number of carbonyl (C=O) groups excluding carboxylic acids is 1. The van der Waals surface area contributed by atoms with Gasteiger partial charge < -0.3 is 15.7 Å². The summed E-state index contributed by atoms with van der Waals surface area (Å²) < 4.78 is 0. The molecule has 0 fully saturated rings. The van der Waals surface area contributed by atoms with E-state index in [1.54, 1.807) is 11.3 Å². The van der Waals surface area contributed by atoms with Crippen LogP contribution < -0.4 is 10.6 Å². The second-order valence-corrected chi connectivity index (χ2v) is 6.91. The summed E-state index contributed by atoms with van der Waals surface area (Å²) in [5.74, 6) is 0. The molecule has 1 atom stereocenters. The molecule has 1 rings (SSSR count). The van der Waals surface area contributed by atoms with Crippen molar-refractivity contribution in [1.82, 2.24) is 15.6 Å². The highest BCUT2D eigenvalue weighted by molar-refractivity contribution is 7.09. The largest absolute Gasteiger partial charge is 0.396 e. The summed E-state index contributed by atoms with van der Waals surface area (Å²) in [4.78, 5) is 16.2. The molecule has 114 valence electrons. The van der Waals surface area contributed by atoms with E-state index in [-0.39, 0.29) is 24.1 Å². The van der Waals surface area contributed by atoms with Crippen molar-refractivity contribution in [2.45, 2.75) is 58.5 Å². The number of hydrogen-bond acceptors (Lipinski definition) is 4. The molecular formula is C14H25N3O2S. The van der Waals surface area contributed by atoms with E-state index in [4.69, 9.17) is 5.11 Å². The normalized spacial score (nSPS) is 13.1. The Balaban J connectivity index is 2.36.